The number of carbonyl (C=O) groups is 1. The van der Waals surface area contributed by atoms with Crippen molar-refractivity contribution >= 4 is 72.6 Å². The first-order chi connectivity index (χ1) is 31.5. The van der Waals surface area contributed by atoms with Crippen LogP contribution in [0.25, 0.3) is 16.6 Å². The van der Waals surface area contributed by atoms with Crippen LogP contribution in [0.15, 0.2) is 89.5 Å². The molecule has 1 amide bonds. The first-order valence-corrected chi connectivity index (χ1v) is 24.1. The molecule has 3 aromatic carbocycles. The van der Waals surface area contributed by atoms with Gasteiger partial charge in [-0.25, -0.2) is 13.1 Å². The molecule has 18 heteroatoms. The van der Waals surface area contributed by atoms with Crippen molar-refractivity contribution in [2.45, 2.75) is 49.5 Å². The number of allylic oxidation sites excluding steroid dienone is 1. The second-order valence-electron chi connectivity index (χ2n) is 17.6. The summed E-state index contributed by atoms with van der Waals surface area (Å²) in [5.74, 6) is -0.508. The molecule has 5 aliphatic rings. The number of rotatable bonds is 12. The van der Waals surface area contributed by atoms with Gasteiger partial charge in [-0.2, -0.15) is 4.98 Å². The molecule has 1 spiro atoms. The molecule has 0 bridgehead atoms. The average molecular weight is 923 g/mol. The molecule has 2 aliphatic carbocycles. The van der Waals surface area contributed by atoms with Crippen LogP contribution in [0, 0.1) is 15.5 Å². The Balaban J connectivity index is 0.906. The summed E-state index contributed by atoms with van der Waals surface area (Å²) in [4.78, 5) is 39.9. The van der Waals surface area contributed by atoms with E-state index in [2.05, 4.69) is 37.0 Å². The van der Waals surface area contributed by atoms with E-state index < -0.39 is 31.4 Å². The van der Waals surface area contributed by atoms with Gasteiger partial charge in [-0.15, -0.1) is 0 Å². The van der Waals surface area contributed by atoms with Gasteiger partial charge in [-0.1, -0.05) is 35.7 Å². The van der Waals surface area contributed by atoms with E-state index in [9.17, 15) is 23.3 Å². The molecule has 0 unspecified atom stereocenters. The third kappa shape index (κ3) is 8.99. The van der Waals surface area contributed by atoms with Crippen molar-refractivity contribution in [2.75, 3.05) is 87.4 Å². The number of sulfonamides is 1. The van der Waals surface area contributed by atoms with Crippen LogP contribution in [0.3, 0.4) is 0 Å². The number of fused-ring (bicyclic) bond motifs is 2. The van der Waals surface area contributed by atoms with Crippen molar-refractivity contribution in [3.63, 3.8) is 0 Å². The number of nitro benzene ring substituents is 1. The minimum atomic E-state index is -4.58. The SMILES string of the molecule is O=C(NS(=O)(=O)c1ccc(NC[C@H]2COCCO2)c([N+](=O)[O-])c1)c1ccc(N2CCN(CC3=C(c4ccc(Cl)cc4)CC4(CCC4)CC3)CC2)cc1N1CCOc2nc3[nH]ccc3cc21. The van der Waals surface area contributed by atoms with Crippen molar-refractivity contribution in [1.29, 1.82) is 0 Å². The molecule has 2 saturated heterocycles. The Bertz CT molecular complexity index is 2760. The first kappa shape index (κ1) is 43.2. The van der Waals surface area contributed by atoms with Crippen molar-refractivity contribution < 1.29 is 32.3 Å². The Kier molecular flexibility index (Phi) is 11.9. The maximum absolute atomic E-state index is 14.3. The fourth-order valence-electron chi connectivity index (χ4n) is 9.91. The van der Waals surface area contributed by atoms with Gasteiger partial charge in [0.25, 0.3) is 21.6 Å². The summed E-state index contributed by atoms with van der Waals surface area (Å²) >= 11 is 6.30. The average Bonchev–Trinajstić information content (AvgIpc) is 3.77. The second kappa shape index (κ2) is 17.9. The number of aromatic nitrogens is 2. The van der Waals surface area contributed by atoms with E-state index in [0.29, 0.717) is 54.7 Å². The lowest BCUT2D eigenvalue weighted by atomic mass is 9.59. The van der Waals surface area contributed by atoms with Crippen LogP contribution >= 0.6 is 11.6 Å². The van der Waals surface area contributed by atoms with Gasteiger partial charge in [0, 0.05) is 67.6 Å². The number of aromatic amines is 1. The summed E-state index contributed by atoms with van der Waals surface area (Å²) in [5, 5.41) is 16.7. The summed E-state index contributed by atoms with van der Waals surface area (Å²) in [6, 6.07) is 21.1. The van der Waals surface area contributed by atoms with Crippen molar-refractivity contribution in [2.24, 2.45) is 5.41 Å². The zero-order valence-electron chi connectivity index (χ0n) is 35.9. The van der Waals surface area contributed by atoms with Gasteiger partial charge in [-0.3, -0.25) is 19.8 Å². The van der Waals surface area contributed by atoms with E-state index in [1.165, 1.54) is 54.5 Å². The number of halogens is 1. The number of carbonyl (C=O) groups excluding carboxylic acids is 1. The third-order valence-electron chi connectivity index (χ3n) is 13.6. The Labute approximate surface area is 382 Å². The summed E-state index contributed by atoms with van der Waals surface area (Å²) in [6.07, 6.45) is 8.88. The number of hydrogen-bond donors (Lipinski definition) is 3. The van der Waals surface area contributed by atoms with E-state index in [4.69, 9.17) is 30.8 Å². The highest BCUT2D eigenvalue weighted by Gasteiger charge is 2.41. The van der Waals surface area contributed by atoms with Gasteiger partial charge in [0.15, 0.2) is 0 Å². The summed E-state index contributed by atoms with van der Waals surface area (Å²) in [5.41, 5.74) is 7.11. The van der Waals surface area contributed by atoms with E-state index in [1.807, 2.05) is 41.3 Å². The standard InChI is InChI=1S/C47H51ClN8O8S/c48-34-4-2-31(3-5-34)39-27-47(12-1-13-47)14-10-33(39)29-53-16-18-54(19-17-53)35-6-8-38(41(25-35)55-20-21-64-46-43(55)24-32-11-15-49-44(32)51-46)45(57)52-65(60,61)37-7-9-40(42(26-37)56(58)59)50-28-36-30-62-22-23-63-36/h2-9,11,15,24-26,36,50H,1,10,12-14,16-23,27-30H2,(H,49,51)(H,52,57)/t36-/m0/s1. The topological polar surface area (TPSA) is 185 Å². The molecule has 10 rings (SSSR count). The van der Waals surface area contributed by atoms with E-state index >= 15 is 0 Å². The van der Waals surface area contributed by atoms with Crippen LogP contribution in [0.1, 0.15) is 54.4 Å². The lowest BCUT2D eigenvalue weighted by Crippen LogP contribution is -2.47. The Morgan fingerprint density at radius 2 is 1.78 bits per heavy atom. The fourth-order valence-corrected chi connectivity index (χ4v) is 11.0. The zero-order chi connectivity index (χ0) is 44.7. The molecule has 1 saturated carbocycles. The molecule has 1 atom stereocenters. The number of anilines is 4. The third-order valence-corrected chi connectivity index (χ3v) is 15.2. The van der Waals surface area contributed by atoms with Gasteiger partial charge < -0.3 is 34.3 Å². The van der Waals surface area contributed by atoms with Gasteiger partial charge in [0.1, 0.15) is 23.6 Å². The molecule has 16 nitrogen and oxygen atoms in total. The fraction of sp³-hybridized carbons (Fsp3) is 0.404. The number of ether oxygens (including phenoxy) is 3. The van der Waals surface area contributed by atoms with E-state index in [-0.39, 0.29) is 30.5 Å². The van der Waals surface area contributed by atoms with Crippen LogP contribution in [0.5, 0.6) is 5.88 Å². The predicted molar refractivity (Wildman–Crippen MR) is 249 cm³/mol. The largest absolute Gasteiger partial charge is 0.474 e. The number of nitro groups is 1. The monoisotopic (exact) mass is 922 g/mol. The Hall–Kier alpha value is -5.72. The predicted octanol–water partition coefficient (Wildman–Crippen LogP) is 7.53. The van der Waals surface area contributed by atoms with Crippen LogP contribution in [0.2, 0.25) is 5.02 Å². The van der Waals surface area contributed by atoms with Gasteiger partial charge in [0.05, 0.1) is 53.5 Å². The number of pyridine rings is 1. The van der Waals surface area contributed by atoms with Crippen LogP contribution in [0.4, 0.5) is 28.4 Å². The lowest BCUT2D eigenvalue weighted by molar-refractivity contribution is -0.384. The molecule has 65 heavy (non-hydrogen) atoms. The van der Waals surface area contributed by atoms with Crippen molar-refractivity contribution in [3.05, 3.63) is 111 Å². The number of benzene rings is 3. The lowest BCUT2D eigenvalue weighted by Gasteiger charge is -2.47. The number of H-pyrrole nitrogens is 1. The second-order valence-corrected chi connectivity index (χ2v) is 19.8. The van der Waals surface area contributed by atoms with Crippen molar-refractivity contribution in [3.8, 4) is 5.88 Å². The zero-order valence-corrected chi connectivity index (χ0v) is 37.5. The molecule has 0 radical (unpaired) electrons. The van der Waals surface area contributed by atoms with Crippen LogP contribution < -0.4 is 24.6 Å². The minimum Gasteiger partial charge on any atom is -0.474 e. The molecule has 3 N–H and O–H groups in total. The number of piperazine rings is 1. The summed E-state index contributed by atoms with van der Waals surface area (Å²) in [6.45, 7) is 6.17. The summed E-state index contributed by atoms with van der Waals surface area (Å²) in [7, 11) is -4.58. The molecule has 3 fully saturated rings. The normalized spacial score (nSPS) is 20.0. The van der Waals surface area contributed by atoms with Gasteiger partial charge >= 0.3 is 0 Å². The van der Waals surface area contributed by atoms with E-state index in [1.54, 1.807) is 12.3 Å². The quantitative estimate of drug-likeness (QED) is 0.0825. The van der Waals surface area contributed by atoms with Gasteiger partial charge in [-0.05, 0) is 103 Å². The van der Waals surface area contributed by atoms with Crippen LogP contribution in [-0.4, -0.2) is 112 Å². The van der Waals surface area contributed by atoms with E-state index in [0.717, 1.165) is 67.7 Å². The maximum Gasteiger partial charge on any atom is 0.293 e. The molecule has 5 heterocycles. The Morgan fingerprint density at radius 1 is 0.954 bits per heavy atom. The number of nitrogens with one attached hydrogen (secondary N) is 3. The highest BCUT2D eigenvalue weighted by atomic mass is 35.5. The molecule has 5 aromatic rings. The number of amides is 1. The minimum absolute atomic E-state index is 0.101. The maximum atomic E-state index is 14.3. The van der Waals surface area contributed by atoms with Gasteiger partial charge in [0.2, 0.25) is 5.88 Å². The molecule has 340 valence electrons. The molecular formula is C47H51ClN8O8S. The first-order valence-electron chi connectivity index (χ1n) is 22.3. The smallest absolute Gasteiger partial charge is 0.293 e. The molecule has 3 aliphatic heterocycles. The highest BCUT2D eigenvalue weighted by molar-refractivity contribution is 7.90. The number of nitrogens with zero attached hydrogens (tertiary/aromatic N) is 5. The summed E-state index contributed by atoms with van der Waals surface area (Å²) < 4.78 is 47.0. The number of hydrogen-bond acceptors (Lipinski definition) is 13. The highest BCUT2D eigenvalue weighted by Crippen LogP contribution is 2.55. The Morgan fingerprint density at radius 3 is 2.54 bits per heavy atom. The molecule has 2 aromatic heterocycles. The van der Waals surface area contributed by atoms with Crippen molar-refractivity contribution in [1.82, 2.24) is 19.6 Å². The molecular weight excluding hydrogens is 872 g/mol. The van der Waals surface area contributed by atoms with Crippen LogP contribution in [-0.2, 0) is 19.5 Å².